The number of sulfonamides is 1. The van der Waals surface area contributed by atoms with Crippen LogP contribution in [0.1, 0.15) is 23.5 Å². The lowest BCUT2D eigenvalue weighted by Gasteiger charge is -2.10. The number of nitrogens with two attached hydrogens (primary N) is 1. The van der Waals surface area contributed by atoms with Crippen LogP contribution in [0.15, 0.2) is 41.3 Å². The molecule has 0 aromatic heterocycles. The fraction of sp³-hybridized carbons (Fsp3) is 0.188. The quantitative estimate of drug-likeness (QED) is 0.888. The second kappa shape index (κ2) is 5.63. The van der Waals surface area contributed by atoms with Crippen LogP contribution in [0, 0.1) is 0 Å². The van der Waals surface area contributed by atoms with Gasteiger partial charge in [-0.05, 0) is 47.7 Å². The van der Waals surface area contributed by atoms with Crippen molar-refractivity contribution in [3.05, 3.63) is 52.5 Å². The number of aryl methyl sites for hydroxylation is 1. The van der Waals surface area contributed by atoms with E-state index >= 15 is 0 Å². The van der Waals surface area contributed by atoms with Crippen molar-refractivity contribution in [1.29, 1.82) is 0 Å². The number of rotatable bonds is 3. The van der Waals surface area contributed by atoms with Gasteiger partial charge in [-0.2, -0.15) is 0 Å². The van der Waals surface area contributed by atoms with Crippen LogP contribution in [0.3, 0.4) is 0 Å². The summed E-state index contributed by atoms with van der Waals surface area (Å²) in [5.74, 6) is -1.31. The minimum absolute atomic E-state index is 0.0131. The number of benzene rings is 2. The normalized spacial score (nSPS) is 17.0. The van der Waals surface area contributed by atoms with Crippen molar-refractivity contribution in [1.82, 2.24) is 0 Å². The first-order valence-electron chi connectivity index (χ1n) is 6.96. The van der Waals surface area contributed by atoms with Gasteiger partial charge in [0.25, 0.3) is 0 Å². The lowest BCUT2D eigenvalue weighted by atomic mass is 9.97. The molecule has 0 bridgehead atoms. The average molecular weight is 352 g/mol. The van der Waals surface area contributed by atoms with Gasteiger partial charge in [-0.25, -0.2) is 13.6 Å². The van der Waals surface area contributed by atoms with Crippen molar-refractivity contribution in [2.75, 3.05) is 0 Å². The van der Waals surface area contributed by atoms with Gasteiger partial charge >= 0.3 is 5.97 Å². The topological polar surface area (TPSA) is 97.5 Å². The molecule has 1 aliphatic carbocycles. The molecule has 1 aliphatic rings. The minimum atomic E-state index is -3.82. The molecule has 0 saturated heterocycles. The standard InChI is InChI=1S/C16H14ClNO4S/c17-15-6-3-11(23(18,21)22)8-14(15)10-1-4-12-9(7-10)2-5-13(12)16(19)20/h1,3-4,6-8,13H,2,5H2,(H,19,20)(H2,18,21,22). The molecule has 120 valence electrons. The lowest BCUT2D eigenvalue weighted by molar-refractivity contribution is -0.138. The maximum atomic E-state index is 11.5. The Labute approximate surface area is 138 Å². The molecule has 23 heavy (non-hydrogen) atoms. The van der Waals surface area contributed by atoms with E-state index in [0.717, 1.165) is 16.7 Å². The van der Waals surface area contributed by atoms with Crippen molar-refractivity contribution >= 4 is 27.6 Å². The van der Waals surface area contributed by atoms with E-state index in [1.165, 1.54) is 18.2 Å². The van der Waals surface area contributed by atoms with Crippen LogP contribution in [0.4, 0.5) is 0 Å². The van der Waals surface area contributed by atoms with E-state index < -0.39 is 21.9 Å². The summed E-state index contributed by atoms with van der Waals surface area (Å²) in [6, 6.07) is 9.68. The summed E-state index contributed by atoms with van der Waals surface area (Å²) < 4.78 is 23.0. The molecule has 0 fully saturated rings. The summed E-state index contributed by atoms with van der Waals surface area (Å²) >= 11 is 6.18. The zero-order chi connectivity index (χ0) is 16.8. The molecule has 5 nitrogen and oxygen atoms in total. The molecule has 0 spiro atoms. The number of halogens is 1. The highest BCUT2D eigenvalue weighted by atomic mass is 35.5. The predicted octanol–water partition coefficient (Wildman–Crippen LogP) is 2.77. The number of carboxylic acid groups (broad SMARTS) is 1. The number of carboxylic acids is 1. The van der Waals surface area contributed by atoms with Crippen LogP contribution in [0.2, 0.25) is 5.02 Å². The monoisotopic (exact) mass is 351 g/mol. The summed E-state index contributed by atoms with van der Waals surface area (Å²) in [6.07, 6.45) is 1.24. The smallest absolute Gasteiger partial charge is 0.310 e. The van der Waals surface area contributed by atoms with Gasteiger partial charge in [0, 0.05) is 10.6 Å². The Morgan fingerprint density at radius 2 is 1.96 bits per heavy atom. The Kier molecular flexibility index (Phi) is 3.91. The molecule has 2 aromatic carbocycles. The molecular weight excluding hydrogens is 338 g/mol. The van der Waals surface area contributed by atoms with Crippen LogP contribution < -0.4 is 5.14 Å². The highest BCUT2D eigenvalue weighted by Gasteiger charge is 2.28. The predicted molar refractivity (Wildman–Crippen MR) is 87.0 cm³/mol. The van der Waals surface area contributed by atoms with E-state index in [0.29, 0.717) is 23.4 Å². The van der Waals surface area contributed by atoms with Gasteiger partial charge < -0.3 is 5.11 Å². The molecule has 7 heteroatoms. The highest BCUT2D eigenvalue weighted by molar-refractivity contribution is 7.89. The van der Waals surface area contributed by atoms with E-state index in [1.807, 2.05) is 6.07 Å². The zero-order valence-corrected chi connectivity index (χ0v) is 13.6. The lowest BCUT2D eigenvalue weighted by Crippen LogP contribution is -2.12. The molecule has 0 aliphatic heterocycles. The highest BCUT2D eigenvalue weighted by Crippen LogP contribution is 2.37. The van der Waals surface area contributed by atoms with Crippen molar-refractivity contribution < 1.29 is 18.3 Å². The Balaban J connectivity index is 2.09. The van der Waals surface area contributed by atoms with E-state index in [9.17, 15) is 18.3 Å². The number of carbonyl (C=O) groups is 1. The number of aliphatic carboxylic acids is 1. The van der Waals surface area contributed by atoms with Crippen molar-refractivity contribution in [3.63, 3.8) is 0 Å². The van der Waals surface area contributed by atoms with E-state index in [-0.39, 0.29) is 4.90 Å². The Hall–Kier alpha value is -1.89. The molecule has 0 saturated carbocycles. The first-order chi connectivity index (χ1) is 10.8. The third-order valence-electron chi connectivity index (χ3n) is 4.10. The summed E-state index contributed by atoms with van der Waals surface area (Å²) in [7, 11) is -3.82. The third-order valence-corrected chi connectivity index (χ3v) is 5.34. The van der Waals surface area contributed by atoms with Crippen LogP contribution in [0.25, 0.3) is 11.1 Å². The third kappa shape index (κ3) is 2.97. The van der Waals surface area contributed by atoms with E-state index in [1.54, 1.807) is 12.1 Å². The maximum Gasteiger partial charge on any atom is 0.310 e. The molecule has 3 N–H and O–H groups in total. The average Bonchev–Trinajstić information content (AvgIpc) is 2.89. The Morgan fingerprint density at radius 1 is 1.22 bits per heavy atom. The second-order valence-electron chi connectivity index (χ2n) is 5.53. The van der Waals surface area contributed by atoms with Crippen LogP contribution in [-0.2, 0) is 21.2 Å². The van der Waals surface area contributed by atoms with Crippen LogP contribution in [-0.4, -0.2) is 19.5 Å². The molecular formula is C16H14ClNO4S. The van der Waals surface area contributed by atoms with Gasteiger partial charge in [-0.1, -0.05) is 29.8 Å². The number of hydrogen-bond donors (Lipinski definition) is 2. The van der Waals surface area contributed by atoms with Crippen molar-refractivity contribution in [2.24, 2.45) is 5.14 Å². The van der Waals surface area contributed by atoms with Gasteiger partial charge in [0.05, 0.1) is 10.8 Å². The van der Waals surface area contributed by atoms with Gasteiger partial charge in [0.15, 0.2) is 0 Å². The first kappa shape index (κ1) is 16.0. The van der Waals surface area contributed by atoms with Crippen molar-refractivity contribution in [3.8, 4) is 11.1 Å². The molecule has 1 atom stereocenters. The molecule has 2 aromatic rings. The van der Waals surface area contributed by atoms with Gasteiger partial charge in [0.1, 0.15) is 0 Å². The summed E-state index contributed by atoms with van der Waals surface area (Å²) in [6.45, 7) is 0. The molecule has 1 unspecified atom stereocenters. The van der Waals surface area contributed by atoms with Gasteiger partial charge in [0.2, 0.25) is 10.0 Å². The summed E-state index contributed by atoms with van der Waals surface area (Å²) in [5.41, 5.74) is 3.05. The fourth-order valence-corrected chi connectivity index (χ4v) is 3.71. The first-order valence-corrected chi connectivity index (χ1v) is 8.88. The van der Waals surface area contributed by atoms with Gasteiger partial charge in [-0.3, -0.25) is 4.79 Å². The largest absolute Gasteiger partial charge is 0.481 e. The van der Waals surface area contributed by atoms with Gasteiger partial charge in [-0.15, -0.1) is 0 Å². The minimum Gasteiger partial charge on any atom is -0.481 e. The second-order valence-corrected chi connectivity index (χ2v) is 7.50. The zero-order valence-electron chi connectivity index (χ0n) is 12.0. The molecule has 3 rings (SSSR count). The maximum absolute atomic E-state index is 11.5. The van der Waals surface area contributed by atoms with Crippen molar-refractivity contribution in [2.45, 2.75) is 23.7 Å². The molecule has 0 radical (unpaired) electrons. The Morgan fingerprint density at radius 3 is 2.61 bits per heavy atom. The molecule has 0 amide bonds. The number of primary sulfonamides is 1. The number of hydrogen-bond acceptors (Lipinski definition) is 3. The summed E-state index contributed by atoms with van der Waals surface area (Å²) in [4.78, 5) is 11.2. The van der Waals surface area contributed by atoms with E-state index in [4.69, 9.17) is 16.7 Å². The van der Waals surface area contributed by atoms with E-state index in [2.05, 4.69) is 0 Å². The number of fused-ring (bicyclic) bond motifs is 1. The summed E-state index contributed by atoms with van der Waals surface area (Å²) in [5, 5.41) is 14.8. The van der Waals surface area contributed by atoms with Crippen LogP contribution in [0.5, 0.6) is 0 Å². The fourth-order valence-electron chi connectivity index (χ4n) is 2.94. The Bertz CT molecular complexity index is 908. The van der Waals surface area contributed by atoms with Crippen LogP contribution >= 0.6 is 11.6 Å². The SMILES string of the molecule is NS(=O)(=O)c1ccc(Cl)c(-c2ccc3c(c2)CCC3C(=O)O)c1. The molecule has 0 heterocycles.